The van der Waals surface area contributed by atoms with Crippen LogP contribution in [0.3, 0.4) is 0 Å². The fourth-order valence-electron chi connectivity index (χ4n) is 2.29. The summed E-state index contributed by atoms with van der Waals surface area (Å²) in [4.78, 5) is 8.91. The molecular formula is C15H17N3OS. The molecular weight excluding hydrogens is 270 g/mol. The second kappa shape index (κ2) is 6.26. The quantitative estimate of drug-likeness (QED) is 0.828. The van der Waals surface area contributed by atoms with Crippen LogP contribution in [0.25, 0.3) is 10.7 Å². The van der Waals surface area contributed by atoms with Gasteiger partial charge in [-0.25, -0.2) is 4.98 Å². The van der Waals surface area contributed by atoms with Gasteiger partial charge in [-0.15, -0.1) is 11.3 Å². The first-order valence-electron chi connectivity index (χ1n) is 6.73. The van der Waals surface area contributed by atoms with Crippen molar-refractivity contribution < 1.29 is 5.11 Å². The molecule has 0 unspecified atom stereocenters. The van der Waals surface area contributed by atoms with E-state index in [9.17, 15) is 0 Å². The lowest BCUT2D eigenvalue weighted by atomic mass is 10.1. The third kappa shape index (κ3) is 3.12. The number of aliphatic hydroxyl groups is 1. The summed E-state index contributed by atoms with van der Waals surface area (Å²) in [6, 6.07) is 6.19. The smallest absolute Gasteiger partial charge is 0.142 e. The van der Waals surface area contributed by atoms with Crippen LogP contribution in [-0.2, 0) is 6.54 Å². The predicted molar refractivity (Wildman–Crippen MR) is 80.3 cm³/mol. The summed E-state index contributed by atoms with van der Waals surface area (Å²) in [5.74, 6) is 0.298. The van der Waals surface area contributed by atoms with Crippen LogP contribution in [0.15, 0.2) is 41.9 Å². The molecule has 0 radical (unpaired) electrons. The highest BCUT2D eigenvalue weighted by molar-refractivity contribution is 7.13. The number of nitrogens with one attached hydrogen (secondary N) is 1. The number of thiazole rings is 1. The highest BCUT2D eigenvalue weighted by Crippen LogP contribution is 2.22. The Bertz CT molecular complexity index is 582. The van der Waals surface area contributed by atoms with Crippen LogP contribution in [0.1, 0.15) is 12.1 Å². The first-order valence-corrected chi connectivity index (χ1v) is 7.61. The number of rotatable bonds is 5. The van der Waals surface area contributed by atoms with E-state index in [1.165, 1.54) is 0 Å². The Morgan fingerprint density at radius 3 is 3.05 bits per heavy atom. The predicted octanol–water partition coefficient (Wildman–Crippen LogP) is 2.23. The Hall–Kier alpha value is -1.56. The molecule has 0 saturated carbocycles. The Kier molecular flexibility index (Phi) is 4.20. The maximum Gasteiger partial charge on any atom is 0.142 e. The number of aliphatic hydroxyl groups excluding tert-OH is 1. The summed E-state index contributed by atoms with van der Waals surface area (Å²) in [6.07, 6.45) is 6.96. The van der Waals surface area contributed by atoms with E-state index in [-0.39, 0.29) is 6.61 Å². The molecule has 0 saturated heterocycles. The molecule has 104 valence electrons. The zero-order chi connectivity index (χ0) is 13.8. The molecule has 3 rings (SSSR count). The van der Waals surface area contributed by atoms with E-state index in [0.717, 1.165) is 29.4 Å². The number of hydrogen-bond donors (Lipinski definition) is 2. The average molecular weight is 287 g/mol. The van der Waals surface area contributed by atoms with Crippen molar-refractivity contribution in [2.24, 2.45) is 5.92 Å². The van der Waals surface area contributed by atoms with Gasteiger partial charge < -0.3 is 10.4 Å². The summed E-state index contributed by atoms with van der Waals surface area (Å²) < 4.78 is 0. The van der Waals surface area contributed by atoms with Gasteiger partial charge in [0.2, 0.25) is 0 Å². The molecule has 0 amide bonds. The maximum atomic E-state index is 9.10. The van der Waals surface area contributed by atoms with Gasteiger partial charge >= 0.3 is 0 Å². The minimum absolute atomic E-state index is 0.231. The van der Waals surface area contributed by atoms with Crippen molar-refractivity contribution in [2.45, 2.75) is 19.0 Å². The molecule has 0 fully saturated rings. The maximum absolute atomic E-state index is 9.10. The molecule has 2 N–H and O–H groups in total. The van der Waals surface area contributed by atoms with Crippen LogP contribution in [0, 0.1) is 5.92 Å². The normalized spacial score (nSPS) is 21.4. The van der Waals surface area contributed by atoms with Crippen LogP contribution < -0.4 is 5.32 Å². The van der Waals surface area contributed by atoms with Crippen LogP contribution in [0.2, 0.25) is 0 Å². The van der Waals surface area contributed by atoms with Crippen LogP contribution in [-0.4, -0.2) is 27.7 Å². The Balaban J connectivity index is 1.57. The summed E-state index contributed by atoms with van der Waals surface area (Å²) in [5.41, 5.74) is 1.96. The lowest BCUT2D eigenvalue weighted by Crippen LogP contribution is -2.26. The van der Waals surface area contributed by atoms with Crippen molar-refractivity contribution >= 4 is 11.3 Å². The van der Waals surface area contributed by atoms with Gasteiger partial charge in [-0.1, -0.05) is 18.2 Å². The summed E-state index contributed by atoms with van der Waals surface area (Å²) in [5, 5.41) is 15.6. The molecule has 0 spiro atoms. The summed E-state index contributed by atoms with van der Waals surface area (Å²) in [6.45, 7) is 0.978. The third-order valence-corrected chi connectivity index (χ3v) is 4.30. The number of pyridine rings is 1. The SMILES string of the molecule is OC[C@H]1C=C[C@@H](NCc2csc(-c3ccccn3)n2)C1. The van der Waals surface area contributed by atoms with E-state index in [2.05, 4.69) is 32.8 Å². The molecule has 2 atom stereocenters. The fourth-order valence-corrected chi connectivity index (χ4v) is 3.09. The van der Waals surface area contributed by atoms with E-state index in [4.69, 9.17) is 5.11 Å². The van der Waals surface area contributed by atoms with Gasteiger partial charge in [-0.3, -0.25) is 4.98 Å². The van der Waals surface area contributed by atoms with Crippen molar-refractivity contribution in [3.8, 4) is 10.7 Å². The van der Waals surface area contributed by atoms with Crippen molar-refractivity contribution in [3.63, 3.8) is 0 Å². The standard InChI is InChI=1S/C15H17N3OS/c19-9-11-4-5-12(7-11)17-8-13-10-20-15(18-13)14-3-1-2-6-16-14/h1-6,10-12,17,19H,7-9H2/t11-,12+/m0/s1. The van der Waals surface area contributed by atoms with Crippen molar-refractivity contribution in [1.29, 1.82) is 0 Å². The van der Waals surface area contributed by atoms with Crippen LogP contribution in [0.5, 0.6) is 0 Å². The lowest BCUT2D eigenvalue weighted by Gasteiger charge is -2.11. The first-order chi connectivity index (χ1) is 9.85. The molecule has 2 heterocycles. The van der Waals surface area contributed by atoms with Crippen molar-refractivity contribution in [2.75, 3.05) is 6.61 Å². The van der Waals surface area contributed by atoms with Crippen LogP contribution in [0.4, 0.5) is 0 Å². The van der Waals surface area contributed by atoms with Gasteiger partial charge in [-0.2, -0.15) is 0 Å². The molecule has 1 aliphatic carbocycles. The molecule has 0 aromatic carbocycles. The molecule has 1 aliphatic rings. The molecule has 4 nitrogen and oxygen atoms in total. The van der Waals surface area contributed by atoms with Gasteiger partial charge in [-0.05, 0) is 18.6 Å². The zero-order valence-corrected chi connectivity index (χ0v) is 11.9. The Morgan fingerprint density at radius 2 is 2.30 bits per heavy atom. The molecule has 0 bridgehead atoms. The minimum atomic E-state index is 0.231. The van der Waals surface area contributed by atoms with Gasteiger partial charge in [0.15, 0.2) is 0 Å². The first kappa shape index (κ1) is 13.4. The van der Waals surface area contributed by atoms with E-state index < -0.39 is 0 Å². The highest BCUT2D eigenvalue weighted by Gasteiger charge is 2.17. The molecule has 20 heavy (non-hydrogen) atoms. The zero-order valence-electron chi connectivity index (χ0n) is 11.1. The van der Waals surface area contributed by atoms with Gasteiger partial charge in [0.05, 0.1) is 11.4 Å². The summed E-state index contributed by atoms with van der Waals surface area (Å²) in [7, 11) is 0. The minimum Gasteiger partial charge on any atom is -0.396 e. The number of hydrogen-bond acceptors (Lipinski definition) is 5. The Morgan fingerprint density at radius 1 is 1.35 bits per heavy atom. The van der Waals surface area contributed by atoms with Crippen molar-refractivity contribution in [3.05, 3.63) is 47.6 Å². The van der Waals surface area contributed by atoms with Gasteiger partial charge in [0.25, 0.3) is 0 Å². The fraction of sp³-hybridized carbons (Fsp3) is 0.333. The topological polar surface area (TPSA) is 58.0 Å². The average Bonchev–Trinajstić information content (AvgIpc) is 3.15. The summed E-state index contributed by atoms with van der Waals surface area (Å²) >= 11 is 1.62. The second-order valence-corrected chi connectivity index (χ2v) is 5.77. The second-order valence-electron chi connectivity index (χ2n) is 4.91. The largest absolute Gasteiger partial charge is 0.396 e. The molecule has 0 aliphatic heterocycles. The number of aromatic nitrogens is 2. The van der Waals surface area contributed by atoms with Gasteiger partial charge in [0, 0.05) is 36.7 Å². The van der Waals surface area contributed by atoms with E-state index in [1.807, 2.05) is 18.2 Å². The molecule has 2 aromatic heterocycles. The Labute approximate surface area is 122 Å². The number of nitrogens with zero attached hydrogens (tertiary/aromatic N) is 2. The van der Waals surface area contributed by atoms with E-state index >= 15 is 0 Å². The van der Waals surface area contributed by atoms with Crippen molar-refractivity contribution in [1.82, 2.24) is 15.3 Å². The monoisotopic (exact) mass is 287 g/mol. The molecule has 2 aromatic rings. The highest BCUT2D eigenvalue weighted by atomic mass is 32.1. The lowest BCUT2D eigenvalue weighted by molar-refractivity contribution is 0.246. The van der Waals surface area contributed by atoms with Gasteiger partial charge in [0.1, 0.15) is 5.01 Å². The van der Waals surface area contributed by atoms with Crippen LogP contribution >= 0.6 is 11.3 Å². The third-order valence-electron chi connectivity index (χ3n) is 3.39. The van der Waals surface area contributed by atoms with E-state index in [1.54, 1.807) is 17.5 Å². The van der Waals surface area contributed by atoms with E-state index in [0.29, 0.717) is 12.0 Å². The molecule has 5 heteroatoms.